The molecule has 656 valence electrons. The van der Waals surface area contributed by atoms with Crippen LogP contribution in [0.3, 0.4) is 0 Å². The maximum Gasteiger partial charge on any atom is 0.281 e. The number of nitriles is 2. The zero-order valence-corrected chi connectivity index (χ0v) is 76.8. The number of carbonyl (C=O) groups is 5. The molecule has 4 amide bonds. The van der Waals surface area contributed by atoms with Crippen molar-refractivity contribution in [3.63, 3.8) is 0 Å². The number of aliphatic imine (C=N–C) groups is 1. The Kier molecular flexibility index (Phi) is 53.5. The molecule has 0 bridgehead atoms. The van der Waals surface area contributed by atoms with E-state index in [2.05, 4.69) is 136 Å². The number of pyridine rings is 1. The second-order valence-electron chi connectivity index (χ2n) is 34.4. The quantitative estimate of drug-likeness (QED) is 0.0318. The molecule has 1 N–H and O–H groups in total. The fraction of sp³-hybridized carbons (Fsp3) is 0.745. The lowest BCUT2D eigenvalue weighted by molar-refractivity contribution is -0.120. The van der Waals surface area contributed by atoms with Crippen molar-refractivity contribution in [1.29, 1.82) is 10.5 Å². The molecule has 0 aliphatic heterocycles. The van der Waals surface area contributed by atoms with Crippen LogP contribution in [0.4, 0.5) is 17.1 Å². The summed E-state index contributed by atoms with van der Waals surface area (Å²) in [5.41, 5.74) is 0.933. The minimum atomic E-state index is -1.52. The molecule has 3 aromatic rings. The molecule has 10 atom stereocenters. The molecule has 2 aromatic carbocycles. The number of aldehydes is 1. The molecule has 117 heavy (non-hydrogen) atoms. The van der Waals surface area contributed by atoms with Gasteiger partial charge in [-0.15, -0.1) is 5.11 Å². The maximum atomic E-state index is 15.7. The number of unbranched alkanes of at least 4 members (excludes halogenated alkanes) is 9. The molecule has 3 rings (SSSR count). The smallest absolute Gasteiger partial charge is 0.281 e. The van der Waals surface area contributed by atoms with Crippen molar-refractivity contribution in [3.05, 3.63) is 80.1 Å². The molecule has 0 saturated heterocycles. The summed E-state index contributed by atoms with van der Waals surface area (Å²) in [6, 6.07) is 13.2. The van der Waals surface area contributed by atoms with Crippen LogP contribution >= 0.6 is 0 Å². The van der Waals surface area contributed by atoms with Crippen LogP contribution < -0.4 is 5.56 Å². The van der Waals surface area contributed by atoms with Crippen LogP contribution in [0.1, 0.15) is 384 Å². The number of benzene rings is 2. The molecule has 19 nitrogen and oxygen atoms in total. The van der Waals surface area contributed by atoms with Gasteiger partial charge in [0.1, 0.15) is 23.8 Å². The van der Waals surface area contributed by atoms with Crippen LogP contribution in [-0.4, -0.2) is 124 Å². The molecule has 0 saturated carbocycles. The SMILES string of the molecule is CCCCC(CC)CN(Cc1cc(N=NC(C(=O)N=CCn2c(O)c(C#N)c(C)c(N=Nc3cc(C(=O)N(CC(CC)CCCC)CC(CC)CCCC)cc(C(=O)N(CC(CC)CCCC)CC(CCCC)CCCC)c3)c2=O)C(C)C(C#N)C=O)cc(C(=O)N(CC(CC)CCCC)CC(CC)CCCC)c1)CC(CC)CCCC. The maximum absolute atomic E-state index is 15.7. The predicted molar refractivity (Wildman–Crippen MR) is 484 cm³/mol. The third-order valence-electron chi connectivity index (χ3n) is 25.0. The van der Waals surface area contributed by atoms with Crippen LogP contribution in [-0.2, 0) is 22.7 Å². The van der Waals surface area contributed by atoms with E-state index in [-0.39, 0.29) is 75.0 Å². The standard InChI is InChI=1S/C98H162N12O7/c1-19-35-44-75(28-10)63-106(64-76(29-11)45-36-20-2)65-83-55-84(94(113)107(66-77(30-12)46-37-21-3)67-78(31-13)47-38-22-4)58-88(56-83)102-104-91(73(17)87(61-99)72-111)93(112)101-53-54-110-97(116)90(62-100)74(18)92(98(110)117)105-103-89-59-85(95(114)108(68-79(32-14)48-39-23-5)69-80(33-15)49-40-24-6)57-86(60-89)96(115)109(70-81(34-16)50-41-25-7)71-82(51-42-26-8)52-43-27-9/h53,55-60,72-73,75-82,87,91,116H,19-52,54,63-71H2,1-18H3. The third-order valence-corrected chi connectivity index (χ3v) is 25.0. The minimum absolute atomic E-state index is 0.0238. The van der Waals surface area contributed by atoms with Crippen molar-refractivity contribution in [3.8, 4) is 18.0 Å². The van der Waals surface area contributed by atoms with Crippen molar-refractivity contribution in [2.24, 2.45) is 84.6 Å². The molecule has 0 radical (unpaired) electrons. The number of hydrogen-bond donors (Lipinski definition) is 1. The Morgan fingerprint density at radius 1 is 0.462 bits per heavy atom. The molecule has 1 heterocycles. The van der Waals surface area contributed by atoms with Crippen LogP contribution in [0.15, 0.2) is 66.6 Å². The number of rotatable bonds is 65. The number of nitrogens with zero attached hydrogens (tertiary/aromatic N) is 12. The Morgan fingerprint density at radius 2 is 0.795 bits per heavy atom. The zero-order valence-electron chi connectivity index (χ0n) is 76.8. The van der Waals surface area contributed by atoms with E-state index >= 15 is 19.2 Å². The highest BCUT2D eigenvalue weighted by atomic mass is 16.3. The fourth-order valence-corrected chi connectivity index (χ4v) is 16.5. The van der Waals surface area contributed by atoms with Crippen molar-refractivity contribution in [2.75, 3.05) is 52.4 Å². The summed E-state index contributed by atoms with van der Waals surface area (Å²) >= 11 is 0. The highest BCUT2D eigenvalue weighted by Crippen LogP contribution is 2.34. The van der Waals surface area contributed by atoms with E-state index in [1.165, 1.54) is 6.92 Å². The van der Waals surface area contributed by atoms with E-state index in [1.54, 1.807) is 31.2 Å². The Hall–Kier alpha value is -7.25. The molecule has 0 fully saturated rings. The molecular weight excluding hydrogens is 1460 g/mol. The molecule has 0 aliphatic rings. The first-order valence-corrected chi connectivity index (χ1v) is 47.0. The summed E-state index contributed by atoms with van der Waals surface area (Å²) in [7, 11) is 0. The topological polar surface area (TPSA) is 250 Å². The summed E-state index contributed by atoms with van der Waals surface area (Å²) in [6.07, 6.45) is 36.6. The second kappa shape index (κ2) is 60.3. The first-order chi connectivity index (χ1) is 56.5. The van der Waals surface area contributed by atoms with Gasteiger partial charge in [0, 0.05) is 93.3 Å². The van der Waals surface area contributed by atoms with Gasteiger partial charge in [-0.2, -0.15) is 25.9 Å². The largest absolute Gasteiger partial charge is 0.493 e. The van der Waals surface area contributed by atoms with Gasteiger partial charge in [-0.25, -0.2) is 4.99 Å². The fourth-order valence-electron chi connectivity index (χ4n) is 16.5. The van der Waals surface area contributed by atoms with Gasteiger partial charge in [-0.3, -0.25) is 33.4 Å². The van der Waals surface area contributed by atoms with E-state index in [4.69, 9.17) is 10.2 Å². The van der Waals surface area contributed by atoms with Crippen LogP contribution in [0, 0.1) is 88.8 Å². The van der Waals surface area contributed by atoms with Crippen LogP contribution in [0.25, 0.3) is 0 Å². The average molecular weight is 1620 g/mol. The Labute approximate surface area is 710 Å². The van der Waals surface area contributed by atoms with Gasteiger partial charge in [-0.1, -0.05) is 278 Å². The molecular formula is C98H162N12O7. The number of amides is 4. The van der Waals surface area contributed by atoms with Gasteiger partial charge >= 0.3 is 0 Å². The molecule has 10 unspecified atom stereocenters. The molecule has 0 spiro atoms. The third kappa shape index (κ3) is 36.3. The highest BCUT2D eigenvalue weighted by Gasteiger charge is 2.34. The second-order valence-corrected chi connectivity index (χ2v) is 34.4. The van der Waals surface area contributed by atoms with Crippen LogP contribution in [0.2, 0.25) is 0 Å². The van der Waals surface area contributed by atoms with E-state index in [1.807, 2.05) is 34.1 Å². The first-order valence-electron chi connectivity index (χ1n) is 47.0. The van der Waals surface area contributed by atoms with E-state index in [0.717, 1.165) is 248 Å². The lowest BCUT2D eigenvalue weighted by Crippen LogP contribution is -2.40. The summed E-state index contributed by atoms with van der Waals surface area (Å²) in [5.74, 6) is -1.86. The van der Waals surface area contributed by atoms with E-state index in [9.17, 15) is 25.2 Å². The summed E-state index contributed by atoms with van der Waals surface area (Å²) < 4.78 is 0.862. The number of carbonyl (C=O) groups excluding carboxylic acids is 5. The molecule has 0 aliphatic carbocycles. The Bertz CT molecular complexity index is 3530. The zero-order chi connectivity index (χ0) is 86.6. The van der Waals surface area contributed by atoms with Crippen LogP contribution in [0.5, 0.6) is 5.88 Å². The monoisotopic (exact) mass is 1620 g/mol. The van der Waals surface area contributed by atoms with Crippen molar-refractivity contribution >= 4 is 53.2 Å². The summed E-state index contributed by atoms with van der Waals surface area (Å²) in [4.78, 5) is 103. The highest BCUT2D eigenvalue weighted by molar-refractivity contribution is 6.01. The van der Waals surface area contributed by atoms with Gasteiger partial charge in [-0.05, 0) is 154 Å². The number of hydrogen-bond acceptors (Lipinski definition) is 14. The first kappa shape index (κ1) is 104. The lowest BCUT2D eigenvalue weighted by Gasteiger charge is -2.32. The predicted octanol–water partition coefficient (Wildman–Crippen LogP) is 25.5. The van der Waals surface area contributed by atoms with Gasteiger partial charge < -0.3 is 24.6 Å². The van der Waals surface area contributed by atoms with Crippen molar-refractivity contribution in [2.45, 2.75) is 362 Å². The number of azo groups is 2. The van der Waals surface area contributed by atoms with Crippen molar-refractivity contribution in [1.82, 2.24) is 24.2 Å². The minimum Gasteiger partial charge on any atom is -0.493 e. The average Bonchev–Trinajstić information content (AvgIpc) is 0.791. The lowest BCUT2D eigenvalue weighted by atomic mass is 9.89. The Balaban J connectivity index is 2.46. The van der Waals surface area contributed by atoms with Gasteiger partial charge in [0.15, 0.2) is 11.7 Å². The van der Waals surface area contributed by atoms with Gasteiger partial charge in [0.25, 0.3) is 29.2 Å². The summed E-state index contributed by atoms with van der Waals surface area (Å²) in [5, 5.41) is 51.7. The van der Waals surface area contributed by atoms with E-state index < -0.39 is 41.8 Å². The normalized spacial score (nSPS) is 14.5. The number of aromatic hydroxyl groups is 1. The van der Waals surface area contributed by atoms with Crippen molar-refractivity contribution < 1.29 is 29.1 Å². The van der Waals surface area contributed by atoms with Gasteiger partial charge in [0.05, 0.1) is 24.0 Å². The summed E-state index contributed by atoms with van der Waals surface area (Å²) in [6.45, 7) is 43.7. The van der Waals surface area contributed by atoms with E-state index in [0.29, 0.717) is 87.0 Å². The Morgan fingerprint density at radius 3 is 1.13 bits per heavy atom. The number of aromatic nitrogens is 1. The molecule has 1 aromatic heterocycles. The molecule has 19 heteroatoms. The van der Waals surface area contributed by atoms with Gasteiger partial charge in [0.2, 0.25) is 5.88 Å².